The van der Waals surface area contributed by atoms with Crippen LogP contribution in [0.5, 0.6) is 0 Å². The first-order valence-corrected chi connectivity index (χ1v) is 8.85. The van der Waals surface area contributed by atoms with Crippen LogP contribution in [0.2, 0.25) is 0 Å². The molecule has 1 saturated heterocycles. The van der Waals surface area contributed by atoms with Crippen molar-refractivity contribution in [1.82, 2.24) is 15.1 Å². The molecule has 26 heavy (non-hydrogen) atoms. The van der Waals surface area contributed by atoms with Crippen molar-refractivity contribution >= 4 is 5.91 Å². The highest BCUT2D eigenvalue weighted by atomic mass is 16.4. The number of piperidine rings is 1. The molecule has 1 aliphatic heterocycles. The maximum Gasteiger partial charge on any atom is 0.283 e. The van der Waals surface area contributed by atoms with Crippen LogP contribution in [0.3, 0.4) is 0 Å². The number of furan rings is 1. The molecule has 1 fully saturated rings. The van der Waals surface area contributed by atoms with Crippen molar-refractivity contribution in [2.45, 2.75) is 32.6 Å². The highest BCUT2D eigenvalue weighted by Crippen LogP contribution is 2.30. The van der Waals surface area contributed by atoms with Gasteiger partial charge >= 0.3 is 0 Å². The molecule has 1 amide bonds. The number of carbonyl (C=O) groups is 1. The van der Waals surface area contributed by atoms with E-state index < -0.39 is 0 Å². The van der Waals surface area contributed by atoms with E-state index in [4.69, 9.17) is 8.83 Å². The number of rotatable bonds is 3. The Kier molecular flexibility index (Phi) is 4.32. The minimum atomic E-state index is 0.0911. The van der Waals surface area contributed by atoms with E-state index in [9.17, 15) is 4.79 Å². The normalized spacial score (nSPS) is 15.4. The van der Waals surface area contributed by atoms with Crippen molar-refractivity contribution in [1.29, 1.82) is 0 Å². The summed E-state index contributed by atoms with van der Waals surface area (Å²) in [7, 11) is 0. The lowest BCUT2D eigenvalue weighted by atomic mass is 9.96. The molecule has 6 nitrogen and oxygen atoms in total. The molecular weight excluding hydrogens is 330 g/mol. The van der Waals surface area contributed by atoms with Crippen molar-refractivity contribution in [2.24, 2.45) is 0 Å². The van der Waals surface area contributed by atoms with E-state index in [-0.39, 0.29) is 11.8 Å². The first kappa shape index (κ1) is 16.6. The molecule has 0 N–H and O–H groups in total. The summed E-state index contributed by atoms with van der Waals surface area (Å²) in [5.41, 5.74) is 3.09. The zero-order valence-corrected chi connectivity index (χ0v) is 14.9. The van der Waals surface area contributed by atoms with Gasteiger partial charge in [0.1, 0.15) is 0 Å². The summed E-state index contributed by atoms with van der Waals surface area (Å²) in [6.07, 6.45) is 3.21. The molecule has 0 unspecified atom stereocenters. The predicted octanol–water partition coefficient (Wildman–Crippen LogP) is 3.97. The van der Waals surface area contributed by atoms with Crippen LogP contribution in [0.15, 0.2) is 45.4 Å². The summed E-state index contributed by atoms with van der Waals surface area (Å²) in [5, 5.41) is 8.23. The third-order valence-electron chi connectivity index (χ3n) is 5.06. The Bertz CT molecular complexity index is 906. The van der Waals surface area contributed by atoms with Crippen molar-refractivity contribution < 1.29 is 13.6 Å². The minimum absolute atomic E-state index is 0.0911. The fourth-order valence-corrected chi connectivity index (χ4v) is 3.29. The summed E-state index contributed by atoms with van der Waals surface area (Å²) in [6, 6.07) is 9.46. The molecule has 0 saturated carbocycles. The van der Waals surface area contributed by atoms with Gasteiger partial charge in [0.15, 0.2) is 5.76 Å². The first-order chi connectivity index (χ1) is 12.6. The molecule has 6 heteroatoms. The number of carbonyl (C=O) groups excluding carboxylic acids is 1. The fraction of sp³-hybridized carbons (Fsp3) is 0.350. The third kappa shape index (κ3) is 3.14. The predicted molar refractivity (Wildman–Crippen MR) is 95.8 cm³/mol. The number of aromatic nitrogens is 2. The van der Waals surface area contributed by atoms with Crippen LogP contribution in [-0.2, 0) is 0 Å². The van der Waals surface area contributed by atoms with Gasteiger partial charge in [-0.1, -0.05) is 6.07 Å². The van der Waals surface area contributed by atoms with Gasteiger partial charge in [0, 0.05) is 24.6 Å². The van der Waals surface area contributed by atoms with Crippen molar-refractivity contribution in [3.8, 4) is 11.7 Å². The molecule has 3 heterocycles. The number of aryl methyl sites for hydroxylation is 2. The Morgan fingerprint density at radius 2 is 1.92 bits per heavy atom. The van der Waals surface area contributed by atoms with E-state index in [1.807, 2.05) is 30.0 Å². The Balaban J connectivity index is 1.41. The van der Waals surface area contributed by atoms with Crippen molar-refractivity contribution in [2.75, 3.05) is 13.1 Å². The van der Waals surface area contributed by atoms with Crippen LogP contribution in [0, 0.1) is 13.8 Å². The van der Waals surface area contributed by atoms with Crippen LogP contribution < -0.4 is 0 Å². The summed E-state index contributed by atoms with van der Waals surface area (Å²) in [4.78, 5) is 14.6. The fourth-order valence-electron chi connectivity index (χ4n) is 3.29. The molecule has 134 valence electrons. The standard InChI is InChI=1S/C20H21N3O3/c1-13-5-6-16(12-14(13)2)20(24)23-9-7-15(8-10-23)18-21-22-19(26-18)17-4-3-11-25-17/h3-6,11-12,15H,7-10H2,1-2H3. The van der Waals surface area contributed by atoms with E-state index >= 15 is 0 Å². The number of hydrogen-bond donors (Lipinski definition) is 0. The lowest BCUT2D eigenvalue weighted by molar-refractivity contribution is 0.0706. The van der Waals surface area contributed by atoms with Crippen LogP contribution in [0.4, 0.5) is 0 Å². The Labute approximate surface area is 151 Å². The minimum Gasteiger partial charge on any atom is -0.459 e. The molecule has 0 atom stereocenters. The molecule has 3 aromatic rings. The van der Waals surface area contributed by atoms with Gasteiger partial charge in [-0.2, -0.15) is 0 Å². The topological polar surface area (TPSA) is 72.4 Å². The zero-order chi connectivity index (χ0) is 18.1. The van der Waals surface area contributed by atoms with Gasteiger partial charge in [0.05, 0.1) is 6.26 Å². The molecular formula is C20H21N3O3. The second-order valence-corrected chi connectivity index (χ2v) is 6.79. The van der Waals surface area contributed by atoms with Crippen LogP contribution in [-0.4, -0.2) is 34.1 Å². The van der Waals surface area contributed by atoms with Crippen molar-refractivity contribution in [3.63, 3.8) is 0 Å². The second kappa shape index (κ2) is 6.78. The Morgan fingerprint density at radius 1 is 1.12 bits per heavy atom. The van der Waals surface area contributed by atoms with Gasteiger partial charge in [-0.3, -0.25) is 4.79 Å². The van der Waals surface area contributed by atoms with Crippen LogP contribution >= 0.6 is 0 Å². The highest BCUT2D eigenvalue weighted by molar-refractivity contribution is 5.94. The number of hydrogen-bond acceptors (Lipinski definition) is 5. The molecule has 1 aromatic carbocycles. The van der Waals surface area contributed by atoms with E-state index in [1.165, 1.54) is 5.56 Å². The third-order valence-corrected chi connectivity index (χ3v) is 5.06. The highest BCUT2D eigenvalue weighted by Gasteiger charge is 2.28. The molecule has 0 bridgehead atoms. The van der Waals surface area contributed by atoms with Crippen molar-refractivity contribution in [3.05, 3.63) is 59.2 Å². The van der Waals surface area contributed by atoms with Crippen LogP contribution in [0.25, 0.3) is 11.7 Å². The van der Waals surface area contributed by atoms with Gasteiger partial charge in [-0.15, -0.1) is 10.2 Å². The van der Waals surface area contributed by atoms with E-state index in [1.54, 1.807) is 18.4 Å². The second-order valence-electron chi connectivity index (χ2n) is 6.79. The van der Waals surface area contributed by atoms with Gasteiger partial charge in [-0.25, -0.2) is 0 Å². The summed E-state index contributed by atoms with van der Waals surface area (Å²) in [6.45, 7) is 5.46. The maximum atomic E-state index is 12.7. The smallest absolute Gasteiger partial charge is 0.283 e. The average molecular weight is 351 g/mol. The lowest BCUT2D eigenvalue weighted by Crippen LogP contribution is -2.38. The average Bonchev–Trinajstić information content (AvgIpc) is 3.35. The summed E-state index contributed by atoms with van der Waals surface area (Å²) >= 11 is 0. The molecule has 4 rings (SSSR count). The quantitative estimate of drug-likeness (QED) is 0.714. The molecule has 0 aliphatic carbocycles. The Hall–Kier alpha value is -2.89. The molecule has 2 aromatic heterocycles. The monoisotopic (exact) mass is 351 g/mol. The maximum absolute atomic E-state index is 12.7. The summed E-state index contributed by atoms with van der Waals surface area (Å²) < 4.78 is 11.0. The van der Waals surface area contributed by atoms with Crippen LogP contribution in [0.1, 0.15) is 46.1 Å². The number of likely N-dealkylation sites (tertiary alicyclic amines) is 1. The van der Waals surface area contributed by atoms with Gasteiger partial charge in [0.25, 0.3) is 11.8 Å². The number of nitrogens with zero attached hydrogens (tertiary/aromatic N) is 3. The molecule has 0 spiro atoms. The lowest BCUT2D eigenvalue weighted by Gasteiger charge is -2.30. The largest absolute Gasteiger partial charge is 0.459 e. The van der Waals surface area contributed by atoms with E-state index in [0.29, 0.717) is 30.6 Å². The van der Waals surface area contributed by atoms with Gasteiger partial charge in [0.2, 0.25) is 5.89 Å². The molecule has 1 aliphatic rings. The van der Waals surface area contributed by atoms with Gasteiger partial charge in [-0.05, 0) is 62.1 Å². The van der Waals surface area contributed by atoms with Gasteiger partial charge < -0.3 is 13.7 Å². The van der Waals surface area contributed by atoms with E-state index in [0.717, 1.165) is 24.0 Å². The zero-order valence-electron chi connectivity index (χ0n) is 14.9. The summed E-state index contributed by atoms with van der Waals surface area (Å²) in [5.74, 6) is 1.86. The Morgan fingerprint density at radius 3 is 2.62 bits per heavy atom. The number of amides is 1. The molecule has 0 radical (unpaired) electrons. The van der Waals surface area contributed by atoms with E-state index in [2.05, 4.69) is 17.1 Å². The number of benzene rings is 1. The first-order valence-electron chi connectivity index (χ1n) is 8.85. The SMILES string of the molecule is Cc1ccc(C(=O)N2CCC(c3nnc(-c4ccco4)o3)CC2)cc1C.